The van der Waals surface area contributed by atoms with Crippen LogP contribution in [0.2, 0.25) is 0 Å². The Morgan fingerprint density at radius 2 is 2.00 bits per heavy atom. The maximum absolute atomic E-state index is 13.0. The zero-order chi connectivity index (χ0) is 21.6. The van der Waals surface area contributed by atoms with Crippen molar-refractivity contribution in [2.75, 3.05) is 25.4 Å². The third-order valence-corrected chi connectivity index (χ3v) is 8.55. The minimum Gasteiger partial charge on any atom is -0.482 e. The molecule has 0 amide bonds. The first-order chi connectivity index (χ1) is 13.6. The van der Waals surface area contributed by atoms with E-state index >= 15 is 0 Å². The van der Waals surface area contributed by atoms with Gasteiger partial charge < -0.3 is 9.84 Å². The van der Waals surface area contributed by atoms with Gasteiger partial charge in [0, 0.05) is 23.7 Å². The van der Waals surface area contributed by atoms with Crippen LogP contribution in [0, 0.1) is 20.8 Å². The average Bonchev–Trinajstić information content (AvgIpc) is 2.99. The topological polar surface area (TPSA) is 96.8 Å². The second-order valence-corrected chi connectivity index (χ2v) is 11.0. The molecule has 0 unspecified atom stereocenters. The van der Waals surface area contributed by atoms with Gasteiger partial charge in [0.05, 0.1) is 10.7 Å². The molecule has 10 heteroatoms. The van der Waals surface area contributed by atoms with E-state index in [2.05, 4.69) is 4.98 Å². The summed E-state index contributed by atoms with van der Waals surface area (Å²) < 4.78 is 33.2. The van der Waals surface area contributed by atoms with Crippen LogP contribution in [-0.4, -0.2) is 54.2 Å². The van der Waals surface area contributed by atoms with Crippen LogP contribution < -0.4 is 4.74 Å². The minimum absolute atomic E-state index is 0.323. The lowest BCUT2D eigenvalue weighted by Crippen LogP contribution is -2.33. The number of sulfonamides is 1. The smallest absolute Gasteiger partial charge is 0.341 e. The lowest BCUT2D eigenvalue weighted by molar-refractivity contribution is -0.139. The molecule has 1 aromatic heterocycles. The third-order valence-electron chi connectivity index (χ3n) is 4.02. The van der Waals surface area contributed by atoms with Gasteiger partial charge in [0.25, 0.3) is 10.0 Å². The highest BCUT2D eigenvalue weighted by Gasteiger charge is 2.28. The number of thioether (sulfide) groups is 1. The molecular formula is C19H26N2O5S3. The summed E-state index contributed by atoms with van der Waals surface area (Å²) in [5, 5.41) is 9.46. The molecule has 0 spiro atoms. The molecule has 2 aromatic rings. The van der Waals surface area contributed by atoms with E-state index in [0.717, 1.165) is 21.9 Å². The number of aromatic nitrogens is 1. The zero-order valence-electron chi connectivity index (χ0n) is 17.0. The van der Waals surface area contributed by atoms with Gasteiger partial charge in [-0.2, -0.15) is 4.31 Å². The number of carbonyl (C=O) groups is 1. The van der Waals surface area contributed by atoms with Crippen molar-refractivity contribution in [3.8, 4) is 5.75 Å². The summed E-state index contributed by atoms with van der Waals surface area (Å²) in [4.78, 5) is 15.9. The normalized spacial score (nSPS) is 11.8. The monoisotopic (exact) mass is 458 g/mol. The third kappa shape index (κ3) is 6.43. The van der Waals surface area contributed by atoms with Crippen LogP contribution in [0.25, 0.3) is 0 Å². The summed E-state index contributed by atoms with van der Waals surface area (Å²) >= 11 is 2.76. The largest absolute Gasteiger partial charge is 0.482 e. The molecule has 0 saturated heterocycles. The predicted molar refractivity (Wildman–Crippen MR) is 116 cm³/mol. The van der Waals surface area contributed by atoms with Gasteiger partial charge in [-0.3, -0.25) is 0 Å². The molecule has 2 rings (SSSR count). The Morgan fingerprint density at radius 1 is 1.28 bits per heavy atom. The fourth-order valence-electron chi connectivity index (χ4n) is 2.75. The van der Waals surface area contributed by atoms with Gasteiger partial charge in [-0.05, 0) is 51.0 Å². The van der Waals surface area contributed by atoms with E-state index in [4.69, 9.17) is 9.84 Å². The standard InChI is InChI=1S/C19H26N2O5S3/c1-5-8-21(29(24,25)19-14(3)20-15(4)28-19)9-10-27-16-6-7-17(13(2)11-16)26-12-18(22)23/h6-7,11H,5,8-10,12H2,1-4H3,(H,22,23). The SMILES string of the molecule is CCCN(CCSc1ccc(OCC(=O)O)c(C)c1)S(=O)(=O)c1sc(C)nc1C. The molecule has 0 atom stereocenters. The Bertz CT molecular complexity index is 957. The Balaban J connectivity index is 2.03. The Labute approximate surface area is 180 Å². The lowest BCUT2D eigenvalue weighted by atomic mass is 10.2. The van der Waals surface area contributed by atoms with E-state index in [9.17, 15) is 13.2 Å². The molecule has 29 heavy (non-hydrogen) atoms. The first-order valence-electron chi connectivity index (χ1n) is 9.17. The quantitative estimate of drug-likeness (QED) is 0.513. The summed E-state index contributed by atoms with van der Waals surface area (Å²) in [6, 6.07) is 5.51. The van der Waals surface area contributed by atoms with Crippen molar-refractivity contribution in [3.05, 3.63) is 34.5 Å². The molecule has 0 radical (unpaired) electrons. The molecule has 160 valence electrons. The van der Waals surface area contributed by atoms with Gasteiger partial charge >= 0.3 is 5.97 Å². The van der Waals surface area contributed by atoms with Crippen molar-refractivity contribution in [3.63, 3.8) is 0 Å². The van der Waals surface area contributed by atoms with Crippen LogP contribution in [-0.2, 0) is 14.8 Å². The maximum atomic E-state index is 13.0. The van der Waals surface area contributed by atoms with Crippen LogP contribution >= 0.6 is 23.1 Å². The summed E-state index contributed by atoms with van der Waals surface area (Å²) in [6.45, 7) is 7.82. The van der Waals surface area contributed by atoms with E-state index in [1.807, 2.05) is 32.9 Å². The second-order valence-electron chi connectivity index (χ2n) is 6.47. The van der Waals surface area contributed by atoms with Gasteiger partial charge in [0.2, 0.25) is 0 Å². The van der Waals surface area contributed by atoms with Crippen molar-refractivity contribution in [1.82, 2.24) is 9.29 Å². The van der Waals surface area contributed by atoms with Gasteiger partial charge in [0.15, 0.2) is 10.8 Å². The Kier molecular flexibility index (Phi) is 8.50. The lowest BCUT2D eigenvalue weighted by Gasteiger charge is -2.21. The number of carboxylic acids is 1. The minimum atomic E-state index is -3.56. The van der Waals surface area contributed by atoms with Crippen molar-refractivity contribution in [2.45, 2.75) is 43.2 Å². The van der Waals surface area contributed by atoms with Crippen LogP contribution in [0.3, 0.4) is 0 Å². The number of hydrogen-bond acceptors (Lipinski definition) is 7. The molecule has 1 aromatic carbocycles. The van der Waals surface area contributed by atoms with Crippen LogP contribution in [0.4, 0.5) is 0 Å². The number of nitrogens with zero attached hydrogens (tertiary/aromatic N) is 2. The van der Waals surface area contributed by atoms with Gasteiger partial charge in [0.1, 0.15) is 5.75 Å². The number of aliphatic carboxylic acids is 1. The zero-order valence-corrected chi connectivity index (χ0v) is 19.4. The highest BCUT2D eigenvalue weighted by molar-refractivity contribution is 7.99. The van der Waals surface area contributed by atoms with Gasteiger partial charge in [-0.1, -0.05) is 6.92 Å². The van der Waals surface area contributed by atoms with Gasteiger partial charge in [-0.25, -0.2) is 18.2 Å². The predicted octanol–water partition coefficient (Wildman–Crippen LogP) is 3.72. The van der Waals surface area contributed by atoms with E-state index in [1.165, 1.54) is 15.6 Å². The summed E-state index contributed by atoms with van der Waals surface area (Å²) in [5.41, 5.74) is 1.39. The summed E-state index contributed by atoms with van der Waals surface area (Å²) in [6.07, 6.45) is 0.732. The van der Waals surface area contributed by atoms with E-state index < -0.39 is 16.0 Å². The van der Waals surface area contributed by atoms with Crippen molar-refractivity contribution in [2.24, 2.45) is 0 Å². The average molecular weight is 459 g/mol. The number of thiazole rings is 1. The number of carboxylic acid groups (broad SMARTS) is 1. The number of hydrogen-bond donors (Lipinski definition) is 1. The van der Waals surface area contributed by atoms with E-state index in [1.54, 1.807) is 24.8 Å². The van der Waals surface area contributed by atoms with E-state index in [0.29, 0.717) is 34.5 Å². The molecule has 1 heterocycles. The highest BCUT2D eigenvalue weighted by atomic mass is 32.2. The Morgan fingerprint density at radius 3 is 2.55 bits per heavy atom. The second kappa shape index (κ2) is 10.4. The molecule has 1 N–H and O–H groups in total. The van der Waals surface area contributed by atoms with Gasteiger partial charge in [-0.15, -0.1) is 23.1 Å². The molecule has 0 fully saturated rings. The van der Waals surface area contributed by atoms with Crippen molar-refractivity contribution in [1.29, 1.82) is 0 Å². The summed E-state index contributed by atoms with van der Waals surface area (Å²) in [5.74, 6) is 0.111. The van der Waals surface area contributed by atoms with Crippen molar-refractivity contribution < 1.29 is 23.1 Å². The molecule has 7 nitrogen and oxygen atoms in total. The molecule has 0 aliphatic heterocycles. The molecule has 0 aliphatic carbocycles. The molecular weight excluding hydrogens is 432 g/mol. The fraction of sp³-hybridized carbons (Fsp3) is 0.474. The number of rotatable bonds is 11. The molecule has 0 bridgehead atoms. The summed E-state index contributed by atoms with van der Waals surface area (Å²) in [7, 11) is -3.56. The number of benzene rings is 1. The fourth-order valence-corrected chi connectivity index (χ4v) is 6.99. The van der Waals surface area contributed by atoms with Crippen LogP contribution in [0.1, 0.15) is 29.6 Å². The number of ether oxygens (including phenoxy) is 1. The van der Waals surface area contributed by atoms with Crippen LogP contribution in [0.15, 0.2) is 27.3 Å². The maximum Gasteiger partial charge on any atom is 0.341 e. The first-order valence-corrected chi connectivity index (χ1v) is 12.4. The van der Waals surface area contributed by atoms with Crippen LogP contribution in [0.5, 0.6) is 5.75 Å². The molecule has 0 aliphatic rings. The molecule has 0 saturated carbocycles. The Hall–Kier alpha value is -1.62. The van der Waals surface area contributed by atoms with Crippen molar-refractivity contribution >= 4 is 39.1 Å². The van der Waals surface area contributed by atoms with E-state index in [-0.39, 0.29) is 6.61 Å². The number of aryl methyl sites for hydroxylation is 3. The highest BCUT2D eigenvalue weighted by Crippen LogP contribution is 2.28. The first kappa shape index (κ1) is 23.7.